The molecule has 1 aliphatic heterocycles. The molecule has 0 N–H and O–H groups in total. The van der Waals surface area contributed by atoms with Crippen LogP contribution in [0.5, 0.6) is 5.75 Å². The van der Waals surface area contributed by atoms with Crippen molar-refractivity contribution in [3.8, 4) is 5.75 Å². The summed E-state index contributed by atoms with van der Waals surface area (Å²) in [5.41, 5.74) is -1.81. The summed E-state index contributed by atoms with van der Waals surface area (Å²) >= 11 is 5.83. The molecule has 94 valence electrons. The first kappa shape index (κ1) is 12.5. The van der Waals surface area contributed by atoms with E-state index in [-0.39, 0.29) is 23.8 Å². The summed E-state index contributed by atoms with van der Waals surface area (Å²) in [5, 5.41) is 0.167. The van der Waals surface area contributed by atoms with Crippen LogP contribution in [0.25, 0.3) is 0 Å². The first-order valence-electron chi connectivity index (χ1n) is 4.89. The van der Waals surface area contributed by atoms with Crippen LogP contribution in [0.1, 0.15) is 5.56 Å². The Morgan fingerprint density at radius 1 is 1.35 bits per heavy atom. The van der Waals surface area contributed by atoms with Crippen molar-refractivity contribution in [2.45, 2.75) is 11.6 Å². The van der Waals surface area contributed by atoms with Crippen molar-refractivity contribution >= 4 is 11.6 Å². The number of ether oxygens (including phenoxy) is 2. The lowest BCUT2D eigenvalue weighted by Gasteiger charge is -2.43. The van der Waals surface area contributed by atoms with E-state index >= 15 is 0 Å². The maximum Gasteiger partial charge on any atom is 0.402 e. The van der Waals surface area contributed by atoms with Gasteiger partial charge in [0.25, 0.3) is 0 Å². The SMILES string of the molecule is COc1ccc(C2(C(F)(F)F)COC2)cc1Cl. The van der Waals surface area contributed by atoms with Crippen LogP contribution in [-0.4, -0.2) is 26.5 Å². The van der Waals surface area contributed by atoms with Crippen molar-refractivity contribution in [1.82, 2.24) is 0 Å². The third kappa shape index (κ3) is 1.87. The van der Waals surface area contributed by atoms with Crippen LogP contribution in [0.4, 0.5) is 13.2 Å². The Hall–Kier alpha value is -0.940. The van der Waals surface area contributed by atoms with Crippen LogP contribution < -0.4 is 4.74 Å². The topological polar surface area (TPSA) is 18.5 Å². The van der Waals surface area contributed by atoms with E-state index in [1.54, 1.807) is 0 Å². The molecule has 0 aromatic heterocycles. The van der Waals surface area contributed by atoms with Gasteiger partial charge in [-0.3, -0.25) is 0 Å². The maximum absolute atomic E-state index is 13.0. The molecule has 0 unspecified atom stereocenters. The summed E-state index contributed by atoms with van der Waals surface area (Å²) in [6.45, 7) is -0.724. The van der Waals surface area contributed by atoms with Crippen molar-refractivity contribution in [2.75, 3.05) is 20.3 Å². The second-order valence-electron chi connectivity index (χ2n) is 3.92. The number of benzene rings is 1. The smallest absolute Gasteiger partial charge is 0.402 e. The molecule has 1 fully saturated rings. The highest BCUT2D eigenvalue weighted by molar-refractivity contribution is 6.32. The Morgan fingerprint density at radius 2 is 2.00 bits per heavy atom. The zero-order valence-electron chi connectivity index (χ0n) is 8.97. The molecule has 1 saturated heterocycles. The highest BCUT2D eigenvalue weighted by atomic mass is 35.5. The number of halogens is 4. The lowest BCUT2D eigenvalue weighted by molar-refractivity contribution is -0.262. The van der Waals surface area contributed by atoms with Gasteiger partial charge in [0.05, 0.1) is 25.3 Å². The Bertz CT molecular complexity index is 427. The summed E-state index contributed by atoms with van der Waals surface area (Å²) in [5.74, 6) is 0.355. The van der Waals surface area contributed by atoms with Gasteiger partial charge in [0.2, 0.25) is 0 Å². The summed E-state index contributed by atoms with van der Waals surface area (Å²) in [4.78, 5) is 0. The number of rotatable bonds is 2. The van der Waals surface area contributed by atoms with Gasteiger partial charge in [0.1, 0.15) is 11.2 Å². The minimum atomic E-state index is -4.34. The van der Waals surface area contributed by atoms with Crippen molar-refractivity contribution in [3.63, 3.8) is 0 Å². The van der Waals surface area contributed by atoms with Gasteiger partial charge >= 0.3 is 6.18 Å². The van der Waals surface area contributed by atoms with Gasteiger partial charge in [-0.25, -0.2) is 0 Å². The van der Waals surface area contributed by atoms with Crippen LogP contribution >= 0.6 is 11.6 Å². The minimum Gasteiger partial charge on any atom is -0.495 e. The van der Waals surface area contributed by atoms with Crippen molar-refractivity contribution in [3.05, 3.63) is 28.8 Å². The van der Waals surface area contributed by atoms with Gasteiger partial charge in [-0.15, -0.1) is 0 Å². The van der Waals surface area contributed by atoms with E-state index in [0.717, 1.165) is 0 Å². The van der Waals surface area contributed by atoms with E-state index in [2.05, 4.69) is 0 Å². The molecule has 0 radical (unpaired) electrons. The monoisotopic (exact) mass is 266 g/mol. The summed E-state index contributed by atoms with van der Waals surface area (Å²) in [7, 11) is 1.41. The molecule has 1 heterocycles. The predicted octanol–water partition coefficient (Wildman–Crippen LogP) is 3.18. The third-order valence-electron chi connectivity index (χ3n) is 2.94. The van der Waals surface area contributed by atoms with Crippen LogP contribution in [-0.2, 0) is 10.2 Å². The number of alkyl halides is 3. The molecule has 1 aromatic rings. The molecular weight excluding hydrogens is 257 g/mol. The minimum absolute atomic E-state index is 0.113. The molecule has 2 nitrogen and oxygen atoms in total. The second kappa shape index (κ2) is 4.07. The molecule has 0 atom stereocenters. The Labute approximate surface area is 101 Å². The second-order valence-corrected chi connectivity index (χ2v) is 4.33. The van der Waals surface area contributed by atoms with E-state index in [1.807, 2.05) is 0 Å². The zero-order chi connectivity index (χ0) is 12.7. The van der Waals surface area contributed by atoms with Gasteiger partial charge in [0.15, 0.2) is 0 Å². The Kier molecular flexibility index (Phi) is 2.99. The quantitative estimate of drug-likeness (QED) is 0.818. The van der Waals surface area contributed by atoms with Gasteiger partial charge in [-0.2, -0.15) is 13.2 Å². The van der Waals surface area contributed by atoms with Crippen molar-refractivity contribution in [1.29, 1.82) is 0 Å². The average molecular weight is 267 g/mol. The fourth-order valence-electron chi connectivity index (χ4n) is 1.76. The van der Waals surface area contributed by atoms with Crippen LogP contribution in [0, 0.1) is 0 Å². The number of hydrogen-bond acceptors (Lipinski definition) is 2. The molecule has 6 heteroatoms. The molecule has 0 saturated carbocycles. The van der Waals surface area contributed by atoms with Gasteiger partial charge in [-0.1, -0.05) is 17.7 Å². The Morgan fingerprint density at radius 3 is 2.35 bits per heavy atom. The number of methoxy groups -OCH3 is 1. The van der Waals surface area contributed by atoms with Gasteiger partial charge in [-0.05, 0) is 17.7 Å². The van der Waals surface area contributed by atoms with Gasteiger partial charge in [0, 0.05) is 0 Å². The predicted molar refractivity (Wildman–Crippen MR) is 56.6 cm³/mol. The normalized spacial score (nSPS) is 18.6. The van der Waals surface area contributed by atoms with Gasteiger partial charge < -0.3 is 9.47 Å². The molecule has 0 spiro atoms. The van der Waals surface area contributed by atoms with Crippen LogP contribution in [0.3, 0.4) is 0 Å². The van der Waals surface area contributed by atoms with E-state index < -0.39 is 11.6 Å². The molecule has 1 aliphatic rings. The summed E-state index contributed by atoms with van der Waals surface area (Å²) in [6.07, 6.45) is -4.34. The standard InChI is InChI=1S/C11H10ClF3O2/c1-16-9-3-2-7(4-8(9)12)10(5-17-6-10)11(13,14)15/h2-4H,5-6H2,1H3. The highest BCUT2D eigenvalue weighted by Crippen LogP contribution is 2.47. The zero-order valence-corrected chi connectivity index (χ0v) is 9.73. The summed E-state index contributed by atoms with van der Waals surface area (Å²) in [6, 6.07) is 4.10. The molecule has 2 rings (SSSR count). The fraction of sp³-hybridized carbons (Fsp3) is 0.455. The van der Waals surface area contributed by atoms with Crippen LogP contribution in [0.2, 0.25) is 5.02 Å². The lowest BCUT2D eigenvalue weighted by atomic mass is 9.78. The number of hydrogen-bond donors (Lipinski definition) is 0. The lowest BCUT2D eigenvalue weighted by Crippen LogP contribution is -2.57. The Balaban J connectivity index is 2.42. The molecule has 0 aliphatic carbocycles. The highest BCUT2D eigenvalue weighted by Gasteiger charge is 2.61. The first-order valence-corrected chi connectivity index (χ1v) is 5.27. The van der Waals surface area contributed by atoms with E-state index in [4.69, 9.17) is 21.1 Å². The molecule has 0 bridgehead atoms. The molecule has 17 heavy (non-hydrogen) atoms. The molecule has 0 amide bonds. The third-order valence-corrected chi connectivity index (χ3v) is 3.24. The van der Waals surface area contributed by atoms with E-state index in [1.165, 1.54) is 25.3 Å². The largest absolute Gasteiger partial charge is 0.495 e. The maximum atomic E-state index is 13.0. The first-order chi connectivity index (χ1) is 7.90. The van der Waals surface area contributed by atoms with Crippen molar-refractivity contribution < 1.29 is 22.6 Å². The van der Waals surface area contributed by atoms with Crippen molar-refractivity contribution in [2.24, 2.45) is 0 Å². The average Bonchev–Trinajstić information content (AvgIpc) is 2.13. The van der Waals surface area contributed by atoms with E-state index in [9.17, 15) is 13.2 Å². The summed E-state index contributed by atoms with van der Waals surface area (Å²) < 4.78 is 48.6. The fourth-order valence-corrected chi connectivity index (χ4v) is 2.02. The molecular formula is C11H10ClF3O2. The van der Waals surface area contributed by atoms with Crippen LogP contribution in [0.15, 0.2) is 18.2 Å². The van der Waals surface area contributed by atoms with E-state index in [0.29, 0.717) is 5.75 Å². The molecule has 1 aromatic carbocycles.